The second kappa shape index (κ2) is 5.09. The van der Waals surface area contributed by atoms with Crippen molar-refractivity contribution in [2.24, 2.45) is 5.92 Å². The largest absolute Gasteiger partial charge is 0.366 e. The Morgan fingerprint density at radius 1 is 1.29 bits per heavy atom. The van der Waals surface area contributed by atoms with Crippen LogP contribution in [0.5, 0.6) is 0 Å². The van der Waals surface area contributed by atoms with Crippen LogP contribution in [0.2, 0.25) is 0 Å². The van der Waals surface area contributed by atoms with Gasteiger partial charge in [-0.05, 0) is 37.0 Å². The molecule has 1 N–H and O–H groups in total. The fourth-order valence-corrected chi connectivity index (χ4v) is 2.67. The number of aryl methyl sites for hydroxylation is 1. The lowest BCUT2D eigenvalue weighted by Crippen LogP contribution is -2.54. The summed E-state index contributed by atoms with van der Waals surface area (Å²) < 4.78 is 0. The van der Waals surface area contributed by atoms with Crippen LogP contribution in [0, 0.1) is 19.8 Å². The number of rotatable bonds is 2. The zero-order valence-electron chi connectivity index (χ0n) is 11.5. The van der Waals surface area contributed by atoms with Crippen LogP contribution in [0.3, 0.4) is 0 Å². The molecule has 1 heterocycles. The van der Waals surface area contributed by atoms with Crippen molar-refractivity contribution in [1.82, 2.24) is 5.32 Å². The summed E-state index contributed by atoms with van der Waals surface area (Å²) in [5, 5.41) is 3.51. The minimum Gasteiger partial charge on any atom is -0.366 e. The smallest absolute Gasteiger partial charge is 0.0438 e. The normalized spacial score (nSPS) is 21.0. The van der Waals surface area contributed by atoms with Crippen LogP contribution in [-0.2, 0) is 0 Å². The lowest BCUT2D eigenvalue weighted by Gasteiger charge is -2.41. The molecule has 1 fully saturated rings. The van der Waals surface area contributed by atoms with E-state index >= 15 is 0 Å². The summed E-state index contributed by atoms with van der Waals surface area (Å²) in [6.45, 7) is 12.4. The second-order valence-electron chi connectivity index (χ2n) is 5.43. The molecule has 0 saturated carbocycles. The van der Waals surface area contributed by atoms with Crippen LogP contribution in [0.25, 0.3) is 0 Å². The maximum Gasteiger partial charge on any atom is 0.0438 e. The molecule has 0 aliphatic carbocycles. The molecule has 0 aromatic heterocycles. The van der Waals surface area contributed by atoms with Crippen molar-refractivity contribution in [2.75, 3.05) is 24.5 Å². The quantitative estimate of drug-likeness (QED) is 0.843. The van der Waals surface area contributed by atoms with E-state index in [0.29, 0.717) is 12.0 Å². The van der Waals surface area contributed by atoms with Crippen LogP contribution in [0.4, 0.5) is 5.69 Å². The van der Waals surface area contributed by atoms with Crippen LogP contribution in [-0.4, -0.2) is 25.7 Å². The van der Waals surface area contributed by atoms with Gasteiger partial charge in [0.1, 0.15) is 0 Å². The van der Waals surface area contributed by atoms with E-state index in [1.165, 1.54) is 16.8 Å². The van der Waals surface area contributed by atoms with Gasteiger partial charge in [0.25, 0.3) is 0 Å². The summed E-state index contributed by atoms with van der Waals surface area (Å²) in [5.74, 6) is 0.683. The fourth-order valence-electron chi connectivity index (χ4n) is 2.67. The molecule has 1 saturated heterocycles. The maximum atomic E-state index is 3.51. The number of hydrogen-bond donors (Lipinski definition) is 1. The topological polar surface area (TPSA) is 15.3 Å². The molecule has 0 bridgehead atoms. The van der Waals surface area contributed by atoms with Crippen LogP contribution >= 0.6 is 0 Å². The highest BCUT2D eigenvalue weighted by atomic mass is 15.2. The van der Waals surface area contributed by atoms with E-state index in [1.54, 1.807) is 0 Å². The highest BCUT2D eigenvalue weighted by molar-refractivity contribution is 5.57. The number of nitrogens with one attached hydrogen (secondary N) is 1. The van der Waals surface area contributed by atoms with E-state index in [0.717, 1.165) is 19.6 Å². The minimum absolute atomic E-state index is 0.615. The van der Waals surface area contributed by atoms with Crippen molar-refractivity contribution in [2.45, 2.75) is 33.7 Å². The predicted molar refractivity (Wildman–Crippen MR) is 74.8 cm³/mol. The summed E-state index contributed by atoms with van der Waals surface area (Å²) in [5.41, 5.74) is 4.24. The van der Waals surface area contributed by atoms with Crippen molar-refractivity contribution < 1.29 is 0 Å². The van der Waals surface area contributed by atoms with Gasteiger partial charge in [0.2, 0.25) is 0 Å². The lowest BCUT2D eigenvalue weighted by atomic mass is 9.98. The van der Waals surface area contributed by atoms with Crippen LogP contribution in [0.15, 0.2) is 18.2 Å². The van der Waals surface area contributed by atoms with Crippen LogP contribution in [0.1, 0.15) is 25.0 Å². The monoisotopic (exact) mass is 232 g/mol. The molecule has 1 unspecified atom stereocenters. The Hall–Kier alpha value is -1.02. The third kappa shape index (κ3) is 2.47. The first-order valence-corrected chi connectivity index (χ1v) is 6.65. The van der Waals surface area contributed by atoms with Gasteiger partial charge in [0.05, 0.1) is 0 Å². The number of nitrogens with zero attached hydrogens (tertiary/aromatic N) is 1. The number of hydrogen-bond acceptors (Lipinski definition) is 2. The predicted octanol–water partition coefficient (Wildman–Crippen LogP) is 2.74. The zero-order valence-corrected chi connectivity index (χ0v) is 11.5. The Balaban J connectivity index is 2.33. The summed E-state index contributed by atoms with van der Waals surface area (Å²) >= 11 is 0. The van der Waals surface area contributed by atoms with Crippen molar-refractivity contribution in [3.05, 3.63) is 29.3 Å². The SMILES string of the molecule is Cc1cccc(N2CCNCC2C(C)C)c1C. The number of anilines is 1. The Morgan fingerprint density at radius 3 is 2.76 bits per heavy atom. The van der Waals surface area contributed by atoms with Crippen molar-refractivity contribution in [3.8, 4) is 0 Å². The molecule has 1 aromatic rings. The highest BCUT2D eigenvalue weighted by Crippen LogP contribution is 2.27. The third-order valence-electron chi connectivity index (χ3n) is 3.94. The molecule has 0 radical (unpaired) electrons. The van der Waals surface area contributed by atoms with E-state index in [2.05, 4.69) is 56.1 Å². The van der Waals surface area contributed by atoms with Crippen LogP contribution < -0.4 is 10.2 Å². The van der Waals surface area contributed by atoms with E-state index in [-0.39, 0.29) is 0 Å². The molecule has 1 aromatic carbocycles. The van der Waals surface area contributed by atoms with Gasteiger partial charge in [-0.15, -0.1) is 0 Å². The first-order valence-electron chi connectivity index (χ1n) is 6.65. The average molecular weight is 232 g/mol. The Morgan fingerprint density at radius 2 is 2.06 bits per heavy atom. The molecule has 1 aliphatic rings. The lowest BCUT2D eigenvalue weighted by molar-refractivity contribution is 0.390. The third-order valence-corrected chi connectivity index (χ3v) is 3.94. The molecule has 2 heteroatoms. The molecular weight excluding hydrogens is 208 g/mol. The summed E-state index contributed by atoms with van der Waals surface area (Å²) in [6, 6.07) is 7.26. The van der Waals surface area contributed by atoms with E-state index in [9.17, 15) is 0 Å². The highest BCUT2D eigenvalue weighted by Gasteiger charge is 2.25. The van der Waals surface area contributed by atoms with E-state index in [4.69, 9.17) is 0 Å². The summed E-state index contributed by atoms with van der Waals surface area (Å²) in [7, 11) is 0. The molecule has 2 rings (SSSR count). The van der Waals surface area contributed by atoms with Crippen molar-refractivity contribution in [3.63, 3.8) is 0 Å². The summed E-state index contributed by atoms with van der Waals surface area (Å²) in [4.78, 5) is 2.59. The van der Waals surface area contributed by atoms with Gasteiger partial charge in [-0.2, -0.15) is 0 Å². The van der Waals surface area contributed by atoms with Crippen molar-refractivity contribution >= 4 is 5.69 Å². The molecule has 0 spiro atoms. The van der Waals surface area contributed by atoms with Gasteiger partial charge < -0.3 is 10.2 Å². The zero-order chi connectivity index (χ0) is 12.4. The molecule has 94 valence electrons. The standard InChI is InChI=1S/C15H24N2/c1-11(2)15-10-16-8-9-17(15)14-7-5-6-12(3)13(14)4/h5-7,11,15-16H,8-10H2,1-4H3. The van der Waals surface area contributed by atoms with Gasteiger partial charge in [-0.1, -0.05) is 26.0 Å². The maximum absolute atomic E-state index is 3.51. The van der Waals surface area contributed by atoms with Gasteiger partial charge in [-0.25, -0.2) is 0 Å². The van der Waals surface area contributed by atoms with Gasteiger partial charge >= 0.3 is 0 Å². The first kappa shape index (κ1) is 12.4. The minimum atomic E-state index is 0.615. The molecule has 1 aliphatic heterocycles. The number of benzene rings is 1. The molecule has 1 atom stereocenters. The Bertz CT molecular complexity index is 385. The van der Waals surface area contributed by atoms with Crippen molar-refractivity contribution in [1.29, 1.82) is 0 Å². The number of piperazine rings is 1. The van der Waals surface area contributed by atoms with E-state index < -0.39 is 0 Å². The van der Waals surface area contributed by atoms with E-state index in [1.807, 2.05) is 0 Å². The average Bonchev–Trinajstić information content (AvgIpc) is 2.33. The second-order valence-corrected chi connectivity index (χ2v) is 5.43. The molecule has 0 amide bonds. The first-order chi connectivity index (χ1) is 8.11. The molecule has 2 nitrogen and oxygen atoms in total. The Labute approximate surface area is 105 Å². The van der Waals surface area contributed by atoms with Gasteiger partial charge in [0.15, 0.2) is 0 Å². The van der Waals surface area contributed by atoms with Gasteiger partial charge in [0, 0.05) is 31.4 Å². The fraction of sp³-hybridized carbons (Fsp3) is 0.600. The molecular formula is C15H24N2. The summed E-state index contributed by atoms with van der Waals surface area (Å²) in [6.07, 6.45) is 0. The van der Waals surface area contributed by atoms with Gasteiger partial charge in [-0.3, -0.25) is 0 Å². The molecule has 17 heavy (non-hydrogen) atoms. The Kier molecular flexibility index (Phi) is 3.72.